The van der Waals surface area contributed by atoms with Gasteiger partial charge in [-0.2, -0.15) is 0 Å². The Morgan fingerprint density at radius 2 is 1.45 bits per heavy atom. The van der Waals surface area contributed by atoms with Crippen molar-refractivity contribution in [1.82, 2.24) is 14.5 Å². The molecule has 8 rings (SSSR count). The lowest BCUT2D eigenvalue weighted by Crippen LogP contribution is -2.11. The van der Waals surface area contributed by atoms with Crippen molar-refractivity contribution in [1.29, 1.82) is 0 Å². The van der Waals surface area contributed by atoms with Crippen molar-refractivity contribution in [3.63, 3.8) is 0 Å². The number of rotatable bonds is 8. The van der Waals surface area contributed by atoms with Gasteiger partial charge in [-0.15, -0.1) is 0 Å². The molecule has 2 heterocycles. The molecule has 4 nitrogen and oxygen atoms in total. The van der Waals surface area contributed by atoms with Crippen molar-refractivity contribution in [2.75, 3.05) is 0 Å². The Kier molecular flexibility index (Phi) is 6.62. The lowest BCUT2D eigenvalue weighted by Gasteiger charge is -2.22. The van der Waals surface area contributed by atoms with Gasteiger partial charge in [0.1, 0.15) is 11.6 Å². The number of aromatic hydroxyl groups is 1. The van der Waals surface area contributed by atoms with Crippen LogP contribution in [-0.4, -0.2) is 19.6 Å². The SMILES string of the molecule is [2H]c1nc(-c2cc(-c3cccc4c3nc(-c3ccccc3O)n4-c3ccc(-c4c(C(C)C)cccc4C([2H])(C)C)cc3C([2H])([2H])[2H])cc(C(C)(C)C)c2)c([2H])c(-c2c([2H])c([2H])c(C([2H])([2H])[2H])c([2H])c2[2H])c1[2H]. The highest BCUT2D eigenvalue weighted by molar-refractivity contribution is 5.97. The molecule has 0 bridgehead atoms. The van der Waals surface area contributed by atoms with E-state index in [9.17, 15) is 6.48 Å². The van der Waals surface area contributed by atoms with Crippen molar-refractivity contribution in [2.45, 2.75) is 79.4 Å². The molecule has 6 aromatic carbocycles. The van der Waals surface area contributed by atoms with E-state index in [4.69, 9.17) is 22.8 Å². The number of phenols is 1. The van der Waals surface area contributed by atoms with Crippen LogP contribution in [0.15, 0.2) is 139 Å². The highest BCUT2D eigenvalue weighted by Gasteiger charge is 2.24. The fraction of sp³-hybridized carbons (Fsp3) is 0.222. The Morgan fingerprint density at radius 3 is 2.17 bits per heavy atom. The van der Waals surface area contributed by atoms with E-state index in [1.807, 2.05) is 57.2 Å². The third kappa shape index (κ3) is 7.24. The van der Waals surface area contributed by atoms with Crippen LogP contribution < -0.4 is 0 Å². The first kappa shape index (κ1) is 25.2. The van der Waals surface area contributed by atoms with Crippen molar-refractivity contribution in [2.24, 2.45) is 0 Å². The summed E-state index contributed by atoms with van der Waals surface area (Å²) in [7, 11) is 0. The smallest absolute Gasteiger partial charge is 0.149 e. The standard InChI is InChI=1S/C54H53N3O/c1-33(2)43-15-12-16-44(34(3)4)51(43)39-24-25-48(36(6)28-39)57-49-18-13-17-45(52(49)56-53(57)46-14-10-11-19-50(46)58)40-29-41(31-42(30-40)54(7,8)9)47-32-38(26-27-55-47)37-22-20-35(5)21-23-37/h10-34,58H,1-9H3/i5D3,6D3,20D,21D,22D,23D,26D,27D,32D,33D. The van der Waals surface area contributed by atoms with Crippen LogP contribution in [0.25, 0.3) is 72.7 Å². The second kappa shape index (κ2) is 15.2. The topological polar surface area (TPSA) is 50.9 Å². The quantitative estimate of drug-likeness (QED) is 0.167. The summed E-state index contributed by atoms with van der Waals surface area (Å²) < 4.78 is 123. The van der Waals surface area contributed by atoms with Crippen LogP contribution in [0.3, 0.4) is 0 Å². The van der Waals surface area contributed by atoms with E-state index < -0.39 is 84.1 Å². The van der Waals surface area contributed by atoms with Crippen LogP contribution in [0.1, 0.15) is 107 Å². The first-order chi connectivity index (χ1) is 33.4. The lowest BCUT2D eigenvalue weighted by atomic mass is 9.83. The molecular formula is C54H53N3O. The first-order valence-electron chi connectivity index (χ1n) is 26.3. The fourth-order valence-corrected chi connectivity index (χ4v) is 7.47. The van der Waals surface area contributed by atoms with Gasteiger partial charge in [0, 0.05) is 26.9 Å². The number of para-hydroxylation sites is 2. The Bertz CT molecular complexity index is 3460. The molecule has 0 radical (unpaired) electrons. The third-order valence-electron chi connectivity index (χ3n) is 10.5. The summed E-state index contributed by atoms with van der Waals surface area (Å²) in [6.45, 7) is 8.01. The molecule has 4 heteroatoms. The van der Waals surface area contributed by atoms with Gasteiger partial charge in [0.05, 0.1) is 37.6 Å². The number of hydrogen-bond donors (Lipinski definition) is 1. The predicted octanol–water partition coefficient (Wildman–Crippen LogP) is 14.6. The monoisotopic (exact) mass is 774 g/mol. The Balaban J connectivity index is 1.42. The van der Waals surface area contributed by atoms with E-state index in [1.165, 1.54) is 6.07 Å². The number of pyridine rings is 1. The van der Waals surface area contributed by atoms with Crippen LogP contribution >= 0.6 is 0 Å². The summed E-state index contributed by atoms with van der Waals surface area (Å²) in [5.74, 6) is -0.820. The molecular weight excluding hydrogens is 707 g/mol. The van der Waals surface area contributed by atoms with E-state index in [0.717, 1.165) is 22.3 Å². The first-order valence-corrected chi connectivity index (χ1v) is 19.3. The molecule has 0 fully saturated rings. The minimum absolute atomic E-state index is 0.00868. The molecule has 1 N–H and O–H groups in total. The lowest BCUT2D eigenvalue weighted by molar-refractivity contribution is 0.477. The molecule has 0 aliphatic rings. The number of benzene rings is 6. The summed E-state index contributed by atoms with van der Waals surface area (Å²) in [5.41, 5.74) is 4.46. The van der Waals surface area contributed by atoms with Crippen molar-refractivity contribution in [3.8, 4) is 67.5 Å². The van der Waals surface area contributed by atoms with Crippen LogP contribution in [0.2, 0.25) is 0 Å². The van der Waals surface area contributed by atoms with Gasteiger partial charge in [-0.3, -0.25) is 9.55 Å². The van der Waals surface area contributed by atoms with Crippen molar-refractivity contribution < 1.29 is 24.3 Å². The van der Waals surface area contributed by atoms with Gasteiger partial charge in [-0.25, -0.2) is 4.98 Å². The summed E-state index contributed by atoms with van der Waals surface area (Å²) in [6.07, 6.45) is -0.618. The second-order valence-electron chi connectivity index (χ2n) is 16.1. The van der Waals surface area contributed by atoms with E-state index in [-0.39, 0.29) is 34.4 Å². The minimum Gasteiger partial charge on any atom is -0.507 e. The van der Waals surface area contributed by atoms with E-state index in [2.05, 4.69) is 18.8 Å². The van der Waals surface area contributed by atoms with Crippen LogP contribution in [-0.2, 0) is 5.41 Å². The van der Waals surface area contributed by atoms with Crippen molar-refractivity contribution >= 4 is 11.0 Å². The molecule has 0 saturated heterocycles. The fourth-order valence-electron chi connectivity index (χ4n) is 7.47. The van der Waals surface area contributed by atoms with E-state index in [0.29, 0.717) is 38.9 Å². The van der Waals surface area contributed by atoms with Gasteiger partial charge in [0.15, 0.2) is 0 Å². The number of aryl methyl sites for hydroxylation is 1. The molecule has 0 amide bonds. The van der Waals surface area contributed by atoms with Gasteiger partial charge < -0.3 is 5.11 Å². The highest BCUT2D eigenvalue weighted by atomic mass is 16.3. The molecule has 0 spiro atoms. The largest absolute Gasteiger partial charge is 0.507 e. The summed E-state index contributed by atoms with van der Waals surface area (Å²) >= 11 is 0. The van der Waals surface area contributed by atoms with Crippen molar-refractivity contribution in [3.05, 3.63) is 167 Å². The molecule has 0 atom stereocenters. The average molecular weight is 774 g/mol. The number of fused-ring (bicyclic) bond motifs is 1. The van der Waals surface area contributed by atoms with Gasteiger partial charge >= 0.3 is 0 Å². The number of phenolic OH excluding ortho intramolecular Hbond substituents is 1. The Hall–Kier alpha value is -6.26. The molecule has 0 aliphatic heterocycles. The molecule has 0 unspecified atom stereocenters. The molecule has 8 aromatic rings. The molecule has 2 aromatic heterocycles. The number of imidazole rings is 1. The maximum absolute atomic E-state index is 11.4. The molecule has 0 aliphatic carbocycles. The maximum Gasteiger partial charge on any atom is 0.149 e. The zero-order valence-electron chi connectivity index (χ0n) is 47.6. The summed E-state index contributed by atoms with van der Waals surface area (Å²) in [5, 5.41) is 11.4. The molecule has 0 saturated carbocycles. The Morgan fingerprint density at radius 1 is 0.707 bits per heavy atom. The van der Waals surface area contributed by atoms with Gasteiger partial charge in [0.2, 0.25) is 0 Å². The van der Waals surface area contributed by atoms with Crippen LogP contribution in [0.5, 0.6) is 5.75 Å². The normalized spacial score (nSPS) is 16.0. The number of nitrogens with zero attached hydrogens (tertiary/aromatic N) is 3. The van der Waals surface area contributed by atoms with Crippen LogP contribution in [0, 0.1) is 13.7 Å². The van der Waals surface area contributed by atoms with Crippen LogP contribution in [0.4, 0.5) is 0 Å². The van der Waals surface area contributed by atoms with Gasteiger partial charge in [-0.05, 0) is 136 Å². The zero-order chi connectivity index (χ0) is 52.9. The minimum atomic E-state index is -2.99. The Labute approximate surface area is 363 Å². The zero-order valence-corrected chi connectivity index (χ0v) is 33.6. The third-order valence-corrected chi connectivity index (χ3v) is 10.5. The van der Waals surface area contributed by atoms with Gasteiger partial charge in [0.25, 0.3) is 0 Å². The molecule has 58 heavy (non-hydrogen) atoms. The number of aromatic nitrogens is 3. The molecule has 290 valence electrons. The number of hydrogen-bond acceptors (Lipinski definition) is 3. The van der Waals surface area contributed by atoms with E-state index in [1.54, 1.807) is 73.0 Å². The average Bonchev–Trinajstić information content (AvgIpc) is 3.68. The van der Waals surface area contributed by atoms with E-state index >= 15 is 0 Å². The second-order valence-corrected chi connectivity index (χ2v) is 16.1. The van der Waals surface area contributed by atoms with Gasteiger partial charge in [-0.1, -0.05) is 133 Å². The highest BCUT2D eigenvalue weighted by Crippen LogP contribution is 2.42. The predicted molar refractivity (Wildman–Crippen MR) is 244 cm³/mol. The maximum atomic E-state index is 11.4. The summed E-state index contributed by atoms with van der Waals surface area (Å²) in [6, 6.07) is 24.3. The summed E-state index contributed by atoms with van der Waals surface area (Å²) in [4.78, 5) is 9.59.